The van der Waals surface area contributed by atoms with E-state index in [0.717, 1.165) is 12.1 Å². The molecule has 0 radical (unpaired) electrons. The van der Waals surface area contributed by atoms with E-state index < -0.39 is 4.92 Å². The van der Waals surface area contributed by atoms with Gasteiger partial charge in [0.15, 0.2) is 0 Å². The predicted octanol–water partition coefficient (Wildman–Crippen LogP) is 3.20. The lowest BCUT2D eigenvalue weighted by molar-refractivity contribution is -0.385. The number of nitro benzene ring substituents is 1. The molecule has 6 heteroatoms. The standard InChI is InChI=1S/C15H17N3O3/c1-3-16-10-12-6-5-9-17-15(12)21-14-8-4-7-13(11(14)2)18(19)20/h4-9,16H,3,10H2,1-2H3. The first kappa shape index (κ1) is 14.9. The molecule has 0 fully saturated rings. The summed E-state index contributed by atoms with van der Waals surface area (Å²) in [4.78, 5) is 14.8. The van der Waals surface area contributed by atoms with Crippen molar-refractivity contribution >= 4 is 5.69 Å². The number of pyridine rings is 1. The van der Waals surface area contributed by atoms with E-state index in [4.69, 9.17) is 4.74 Å². The number of nitrogens with one attached hydrogen (secondary N) is 1. The maximum Gasteiger partial charge on any atom is 0.276 e. The fraction of sp³-hybridized carbons (Fsp3) is 0.267. The van der Waals surface area contributed by atoms with Crippen LogP contribution in [0.5, 0.6) is 11.6 Å². The van der Waals surface area contributed by atoms with E-state index in [2.05, 4.69) is 10.3 Å². The van der Waals surface area contributed by atoms with Crippen molar-refractivity contribution in [3.05, 3.63) is 57.8 Å². The van der Waals surface area contributed by atoms with Gasteiger partial charge in [0.25, 0.3) is 5.69 Å². The van der Waals surface area contributed by atoms with Crippen LogP contribution in [-0.2, 0) is 6.54 Å². The number of ether oxygens (including phenoxy) is 1. The van der Waals surface area contributed by atoms with E-state index >= 15 is 0 Å². The number of nitro groups is 1. The average molecular weight is 287 g/mol. The molecular weight excluding hydrogens is 270 g/mol. The topological polar surface area (TPSA) is 77.3 Å². The lowest BCUT2D eigenvalue weighted by Crippen LogP contribution is -2.12. The van der Waals surface area contributed by atoms with Crippen LogP contribution in [0.1, 0.15) is 18.1 Å². The van der Waals surface area contributed by atoms with E-state index in [0.29, 0.717) is 23.7 Å². The molecule has 110 valence electrons. The van der Waals surface area contributed by atoms with Gasteiger partial charge in [-0.3, -0.25) is 10.1 Å². The number of aromatic nitrogens is 1. The summed E-state index contributed by atoms with van der Waals surface area (Å²) in [7, 11) is 0. The van der Waals surface area contributed by atoms with Crippen molar-refractivity contribution in [2.24, 2.45) is 0 Å². The van der Waals surface area contributed by atoms with Gasteiger partial charge < -0.3 is 10.1 Å². The third kappa shape index (κ3) is 3.55. The van der Waals surface area contributed by atoms with Gasteiger partial charge in [0.2, 0.25) is 5.88 Å². The van der Waals surface area contributed by atoms with Crippen LogP contribution in [0.25, 0.3) is 0 Å². The quantitative estimate of drug-likeness (QED) is 0.652. The molecule has 0 spiro atoms. The van der Waals surface area contributed by atoms with E-state index in [1.807, 2.05) is 19.1 Å². The van der Waals surface area contributed by atoms with Crippen molar-refractivity contribution in [2.45, 2.75) is 20.4 Å². The first-order valence-electron chi connectivity index (χ1n) is 6.70. The molecule has 1 heterocycles. The van der Waals surface area contributed by atoms with Crippen molar-refractivity contribution in [3.63, 3.8) is 0 Å². The Labute approximate surface area is 122 Å². The fourth-order valence-electron chi connectivity index (χ4n) is 1.93. The highest BCUT2D eigenvalue weighted by atomic mass is 16.6. The van der Waals surface area contributed by atoms with Crippen LogP contribution >= 0.6 is 0 Å². The summed E-state index contributed by atoms with van der Waals surface area (Å²) in [6, 6.07) is 8.51. The number of nitrogens with zero attached hydrogens (tertiary/aromatic N) is 2. The highest BCUT2D eigenvalue weighted by molar-refractivity contribution is 5.49. The Balaban J connectivity index is 2.30. The van der Waals surface area contributed by atoms with Gasteiger partial charge in [-0.25, -0.2) is 4.98 Å². The molecule has 0 saturated heterocycles. The highest BCUT2D eigenvalue weighted by Crippen LogP contribution is 2.31. The number of hydrogen-bond acceptors (Lipinski definition) is 5. The fourth-order valence-corrected chi connectivity index (χ4v) is 1.93. The van der Waals surface area contributed by atoms with Crippen LogP contribution < -0.4 is 10.1 Å². The summed E-state index contributed by atoms with van der Waals surface area (Å²) in [6.07, 6.45) is 1.64. The first-order chi connectivity index (χ1) is 10.1. The molecule has 2 aromatic rings. The molecule has 1 N–H and O–H groups in total. The van der Waals surface area contributed by atoms with Crippen LogP contribution in [0.3, 0.4) is 0 Å². The Morgan fingerprint density at radius 2 is 2.14 bits per heavy atom. The van der Waals surface area contributed by atoms with Gasteiger partial charge in [-0.05, 0) is 25.6 Å². The van der Waals surface area contributed by atoms with E-state index in [1.165, 1.54) is 6.07 Å². The Morgan fingerprint density at radius 3 is 2.86 bits per heavy atom. The zero-order valence-corrected chi connectivity index (χ0v) is 12.0. The summed E-state index contributed by atoms with van der Waals surface area (Å²) in [5.41, 5.74) is 1.43. The number of hydrogen-bond donors (Lipinski definition) is 1. The smallest absolute Gasteiger partial charge is 0.276 e. The molecule has 0 saturated carbocycles. The molecule has 0 unspecified atom stereocenters. The molecule has 0 bridgehead atoms. The zero-order valence-electron chi connectivity index (χ0n) is 12.0. The van der Waals surface area contributed by atoms with Crippen LogP contribution in [0.15, 0.2) is 36.5 Å². The van der Waals surface area contributed by atoms with Crippen LogP contribution in [-0.4, -0.2) is 16.5 Å². The predicted molar refractivity (Wildman–Crippen MR) is 79.5 cm³/mol. The molecule has 1 aromatic carbocycles. The second-order valence-electron chi connectivity index (χ2n) is 4.51. The van der Waals surface area contributed by atoms with Gasteiger partial charge in [0.1, 0.15) is 5.75 Å². The Hall–Kier alpha value is -2.47. The minimum absolute atomic E-state index is 0.0386. The van der Waals surface area contributed by atoms with Crippen molar-refractivity contribution in [2.75, 3.05) is 6.54 Å². The summed E-state index contributed by atoms with van der Waals surface area (Å²) in [5.74, 6) is 0.905. The average Bonchev–Trinajstić information content (AvgIpc) is 2.48. The van der Waals surface area contributed by atoms with Crippen LogP contribution in [0, 0.1) is 17.0 Å². The third-order valence-electron chi connectivity index (χ3n) is 3.07. The monoisotopic (exact) mass is 287 g/mol. The first-order valence-corrected chi connectivity index (χ1v) is 6.70. The maximum atomic E-state index is 11.0. The Bertz CT molecular complexity index is 644. The summed E-state index contributed by atoms with van der Waals surface area (Å²) in [5, 5.41) is 14.2. The minimum atomic E-state index is -0.417. The third-order valence-corrected chi connectivity index (χ3v) is 3.07. The second-order valence-corrected chi connectivity index (χ2v) is 4.51. The normalized spacial score (nSPS) is 10.4. The van der Waals surface area contributed by atoms with E-state index in [1.54, 1.807) is 25.3 Å². The van der Waals surface area contributed by atoms with Gasteiger partial charge in [-0.1, -0.05) is 19.1 Å². The van der Waals surface area contributed by atoms with Gasteiger partial charge in [-0.15, -0.1) is 0 Å². The molecule has 2 rings (SSSR count). The number of benzene rings is 1. The van der Waals surface area contributed by atoms with Crippen molar-refractivity contribution in [3.8, 4) is 11.6 Å². The van der Waals surface area contributed by atoms with Crippen molar-refractivity contribution < 1.29 is 9.66 Å². The van der Waals surface area contributed by atoms with Gasteiger partial charge in [0.05, 0.1) is 10.5 Å². The van der Waals surface area contributed by atoms with Crippen LogP contribution in [0.2, 0.25) is 0 Å². The molecule has 0 aliphatic heterocycles. The van der Waals surface area contributed by atoms with Crippen molar-refractivity contribution in [1.82, 2.24) is 10.3 Å². The Kier molecular flexibility index (Phi) is 4.84. The minimum Gasteiger partial charge on any atom is -0.438 e. The van der Waals surface area contributed by atoms with E-state index in [-0.39, 0.29) is 5.69 Å². The Morgan fingerprint density at radius 1 is 1.33 bits per heavy atom. The molecule has 0 amide bonds. The van der Waals surface area contributed by atoms with Gasteiger partial charge >= 0.3 is 0 Å². The SMILES string of the molecule is CCNCc1cccnc1Oc1cccc([N+](=O)[O-])c1C. The van der Waals surface area contributed by atoms with Crippen LogP contribution in [0.4, 0.5) is 5.69 Å². The molecular formula is C15H17N3O3. The molecule has 1 aromatic heterocycles. The molecule has 0 aliphatic rings. The largest absolute Gasteiger partial charge is 0.438 e. The lowest BCUT2D eigenvalue weighted by Gasteiger charge is -2.11. The maximum absolute atomic E-state index is 11.0. The molecule has 6 nitrogen and oxygen atoms in total. The molecule has 0 aliphatic carbocycles. The molecule has 21 heavy (non-hydrogen) atoms. The van der Waals surface area contributed by atoms with Crippen molar-refractivity contribution in [1.29, 1.82) is 0 Å². The van der Waals surface area contributed by atoms with Gasteiger partial charge in [0, 0.05) is 24.4 Å². The number of rotatable bonds is 6. The summed E-state index contributed by atoms with van der Waals surface area (Å²) >= 11 is 0. The molecule has 0 atom stereocenters. The summed E-state index contributed by atoms with van der Waals surface area (Å²) < 4.78 is 5.77. The van der Waals surface area contributed by atoms with E-state index in [9.17, 15) is 10.1 Å². The zero-order chi connectivity index (χ0) is 15.2. The highest BCUT2D eigenvalue weighted by Gasteiger charge is 2.16. The lowest BCUT2D eigenvalue weighted by atomic mass is 10.2. The summed E-state index contributed by atoms with van der Waals surface area (Å²) in [6.45, 7) is 5.15. The van der Waals surface area contributed by atoms with Gasteiger partial charge in [-0.2, -0.15) is 0 Å². The second kappa shape index (κ2) is 6.81.